The molecule has 161 valence electrons. The van der Waals surface area contributed by atoms with Crippen molar-refractivity contribution in [1.29, 1.82) is 0 Å². The van der Waals surface area contributed by atoms with Gasteiger partial charge < -0.3 is 14.9 Å². The van der Waals surface area contributed by atoms with Crippen LogP contribution >= 0.6 is 0 Å². The monoisotopic (exact) mass is 393 g/mol. The number of ether oxygens (including phenoxy) is 1. The Kier molecular flexibility index (Phi) is 11.7. The summed E-state index contributed by atoms with van der Waals surface area (Å²) in [5.41, 5.74) is 1.18. The van der Waals surface area contributed by atoms with Gasteiger partial charge in [-0.1, -0.05) is 44.6 Å². The molecular weight excluding hydrogens is 352 g/mol. The van der Waals surface area contributed by atoms with Gasteiger partial charge in [-0.15, -0.1) is 0 Å². The van der Waals surface area contributed by atoms with E-state index in [9.17, 15) is 15.0 Å². The molecule has 4 heteroatoms. The van der Waals surface area contributed by atoms with Crippen LogP contribution in [0.3, 0.4) is 0 Å². The third kappa shape index (κ3) is 10.4. The van der Waals surface area contributed by atoms with E-state index in [0.29, 0.717) is 18.8 Å². The molecule has 0 aliphatic carbocycles. The summed E-state index contributed by atoms with van der Waals surface area (Å²) in [5, 5.41) is 19.6. The van der Waals surface area contributed by atoms with Gasteiger partial charge in [0.2, 0.25) is 0 Å². The van der Waals surface area contributed by atoms with E-state index in [4.69, 9.17) is 4.74 Å². The second kappa shape index (κ2) is 13.2. The summed E-state index contributed by atoms with van der Waals surface area (Å²) in [6.45, 7) is 10.1. The fourth-order valence-electron chi connectivity index (χ4n) is 3.74. The normalized spacial score (nSPS) is 28.2. The SMILES string of the molecule is C/C(=C\C(C)C(O)CC(C)O)CC(C)C1C/C=C/CC(C)[CH]CCCC(=O)O1. The molecular formula is C24H41O4. The molecule has 1 aliphatic heterocycles. The van der Waals surface area contributed by atoms with Gasteiger partial charge in [0.05, 0.1) is 12.2 Å². The van der Waals surface area contributed by atoms with Crippen molar-refractivity contribution in [1.82, 2.24) is 0 Å². The molecule has 0 aromatic carbocycles. The molecule has 6 unspecified atom stereocenters. The highest BCUT2D eigenvalue weighted by Gasteiger charge is 2.22. The smallest absolute Gasteiger partial charge is 0.306 e. The summed E-state index contributed by atoms with van der Waals surface area (Å²) in [5.74, 6) is 0.632. The molecule has 0 fully saturated rings. The molecule has 6 atom stereocenters. The lowest BCUT2D eigenvalue weighted by Crippen LogP contribution is -2.26. The van der Waals surface area contributed by atoms with Crippen LogP contribution in [0, 0.1) is 24.2 Å². The van der Waals surface area contributed by atoms with Crippen LogP contribution in [0.2, 0.25) is 0 Å². The van der Waals surface area contributed by atoms with Crippen LogP contribution in [0.1, 0.15) is 79.6 Å². The van der Waals surface area contributed by atoms with Gasteiger partial charge in [-0.2, -0.15) is 0 Å². The molecule has 0 saturated carbocycles. The van der Waals surface area contributed by atoms with E-state index in [1.54, 1.807) is 6.92 Å². The summed E-state index contributed by atoms with van der Waals surface area (Å²) in [6.07, 6.45) is 12.8. The number of rotatable bonds is 7. The van der Waals surface area contributed by atoms with Gasteiger partial charge in [0.15, 0.2) is 0 Å². The quantitative estimate of drug-likeness (QED) is 0.472. The number of cyclic esters (lactones) is 1. The summed E-state index contributed by atoms with van der Waals surface area (Å²) >= 11 is 0. The van der Waals surface area contributed by atoms with Crippen molar-refractivity contribution in [2.45, 2.75) is 97.9 Å². The van der Waals surface area contributed by atoms with E-state index in [1.807, 2.05) is 6.92 Å². The van der Waals surface area contributed by atoms with E-state index in [-0.39, 0.29) is 23.9 Å². The van der Waals surface area contributed by atoms with Crippen LogP contribution in [0.15, 0.2) is 23.8 Å². The maximum absolute atomic E-state index is 12.2. The molecule has 1 heterocycles. The van der Waals surface area contributed by atoms with Gasteiger partial charge in [-0.05, 0) is 64.2 Å². The largest absolute Gasteiger partial charge is 0.462 e. The van der Waals surface area contributed by atoms with E-state index in [2.05, 4.69) is 45.4 Å². The zero-order chi connectivity index (χ0) is 21.1. The molecule has 1 radical (unpaired) electrons. The van der Waals surface area contributed by atoms with Crippen LogP contribution in [0.4, 0.5) is 0 Å². The average molecular weight is 394 g/mol. The number of carbonyl (C=O) groups is 1. The predicted molar refractivity (Wildman–Crippen MR) is 115 cm³/mol. The lowest BCUT2D eigenvalue weighted by Gasteiger charge is -2.25. The van der Waals surface area contributed by atoms with Crippen molar-refractivity contribution in [3.63, 3.8) is 0 Å². The Bertz CT molecular complexity index is 509. The van der Waals surface area contributed by atoms with E-state index < -0.39 is 12.2 Å². The first-order valence-corrected chi connectivity index (χ1v) is 10.9. The Hall–Kier alpha value is -1.13. The fraction of sp³-hybridized carbons (Fsp3) is 0.750. The van der Waals surface area contributed by atoms with E-state index >= 15 is 0 Å². The van der Waals surface area contributed by atoms with Crippen LogP contribution in [0.5, 0.6) is 0 Å². The van der Waals surface area contributed by atoms with Crippen molar-refractivity contribution < 1.29 is 19.7 Å². The molecule has 0 bridgehead atoms. The Morgan fingerprint density at radius 1 is 1.25 bits per heavy atom. The molecule has 1 rings (SSSR count). The number of hydrogen-bond donors (Lipinski definition) is 2. The Labute approximate surface area is 172 Å². The highest BCUT2D eigenvalue weighted by molar-refractivity contribution is 5.69. The van der Waals surface area contributed by atoms with Gasteiger partial charge >= 0.3 is 5.97 Å². The lowest BCUT2D eigenvalue weighted by atomic mass is 9.90. The van der Waals surface area contributed by atoms with Crippen molar-refractivity contribution in [3.8, 4) is 0 Å². The summed E-state index contributed by atoms with van der Waals surface area (Å²) < 4.78 is 5.80. The number of aliphatic hydroxyl groups excluding tert-OH is 2. The number of allylic oxidation sites excluding steroid dienone is 2. The minimum atomic E-state index is -0.550. The number of esters is 1. The van der Waals surface area contributed by atoms with Crippen LogP contribution in [-0.2, 0) is 9.53 Å². The second-order valence-corrected chi connectivity index (χ2v) is 8.78. The third-order valence-corrected chi connectivity index (χ3v) is 5.50. The minimum absolute atomic E-state index is 0.0155. The molecule has 0 aromatic heterocycles. The number of carbonyl (C=O) groups excluding carboxylic acids is 1. The highest BCUT2D eigenvalue weighted by atomic mass is 16.5. The first kappa shape index (κ1) is 24.9. The fourth-order valence-corrected chi connectivity index (χ4v) is 3.74. The topological polar surface area (TPSA) is 66.8 Å². The molecule has 0 saturated heterocycles. The minimum Gasteiger partial charge on any atom is -0.462 e. The maximum Gasteiger partial charge on any atom is 0.306 e. The standard InChI is InChI=1S/C24H41O4/c1-17-10-6-8-12-23(28-24(27)13-9-7-11-17)20(4)15-18(2)14-19(3)22(26)16-21(5)25/h6,8,11,14,17,19-23,25-26H,7,9-10,12-13,15-16H2,1-5H3/b8-6+,18-14+. The molecule has 0 amide bonds. The molecule has 4 nitrogen and oxygen atoms in total. The van der Waals surface area contributed by atoms with Gasteiger partial charge in [-0.3, -0.25) is 4.79 Å². The van der Waals surface area contributed by atoms with Crippen LogP contribution < -0.4 is 0 Å². The predicted octanol–water partition coefficient (Wildman–Crippen LogP) is 5.00. The van der Waals surface area contributed by atoms with Crippen molar-refractivity contribution in [2.24, 2.45) is 17.8 Å². The first-order valence-electron chi connectivity index (χ1n) is 10.9. The zero-order valence-electron chi connectivity index (χ0n) is 18.4. The molecule has 28 heavy (non-hydrogen) atoms. The van der Waals surface area contributed by atoms with Gasteiger partial charge in [0, 0.05) is 18.8 Å². The van der Waals surface area contributed by atoms with Crippen molar-refractivity contribution in [2.75, 3.05) is 0 Å². The molecule has 0 aromatic rings. The molecule has 0 spiro atoms. The van der Waals surface area contributed by atoms with Crippen LogP contribution in [0.25, 0.3) is 0 Å². The number of aliphatic hydroxyl groups is 2. The molecule has 1 aliphatic rings. The Morgan fingerprint density at radius 3 is 2.61 bits per heavy atom. The van der Waals surface area contributed by atoms with E-state index in [0.717, 1.165) is 32.1 Å². The van der Waals surface area contributed by atoms with Gasteiger partial charge in [-0.25, -0.2) is 0 Å². The number of hydrogen-bond acceptors (Lipinski definition) is 4. The summed E-state index contributed by atoms with van der Waals surface area (Å²) in [6, 6.07) is 0. The summed E-state index contributed by atoms with van der Waals surface area (Å²) in [7, 11) is 0. The van der Waals surface area contributed by atoms with Crippen molar-refractivity contribution in [3.05, 3.63) is 30.2 Å². The zero-order valence-corrected chi connectivity index (χ0v) is 18.4. The first-order chi connectivity index (χ1) is 13.2. The summed E-state index contributed by atoms with van der Waals surface area (Å²) in [4.78, 5) is 12.2. The van der Waals surface area contributed by atoms with Crippen molar-refractivity contribution >= 4 is 5.97 Å². The van der Waals surface area contributed by atoms with Crippen LogP contribution in [-0.4, -0.2) is 34.5 Å². The molecule has 2 N–H and O–H groups in total. The Balaban J connectivity index is 2.70. The van der Waals surface area contributed by atoms with Gasteiger partial charge in [0.25, 0.3) is 0 Å². The maximum atomic E-state index is 12.2. The van der Waals surface area contributed by atoms with Gasteiger partial charge in [0.1, 0.15) is 6.10 Å². The highest BCUT2D eigenvalue weighted by Crippen LogP contribution is 2.24. The van der Waals surface area contributed by atoms with E-state index in [1.165, 1.54) is 5.57 Å². The lowest BCUT2D eigenvalue weighted by molar-refractivity contribution is -0.151. The average Bonchev–Trinajstić information content (AvgIpc) is 2.59. The third-order valence-electron chi connectivity index (χ3n) is 5.50. The Morgan fingerprint density at radius 2 is 1.93 bits per heavy atom. The second-order valence-electron chi connectivity index (χ2n) is 8.78.